The molecule has 0 bridgehead atoms. The van der Waals surface area contributed by atoms with Gasteiger partial charge < -0.3 is 35.0 Å². The molecule has 4 N–H and O–H groups in total. The number of fused-ring (bicyclic) bond motifs is 3. The number of aliphatic hydroxyl groups is 3. The Balaban J connectivity index is 2.07. The minimum Gasteiger partial charge on any atom is -0.493 e. The Hall–Kier alpha value is -2.88. The molecule has 37 heavy (non-hydrogen) atoms. The monoisotopic (exact) mass is 516 g/mol. The lowest BCUT2D eigenvalue weighted by molar-refractivity contribution is -0.132. The second-order valence-corrected chi connectivity index (χ2v) is 9.42. The number of rotatable bonds is 13. The maximum Gasteiger partial charge on any atom is 0.247 e. The van der Waals surface area contributed by atoms with Crippen molar-refractivity contribution in [3.8, 4) is 11.5 Å². The van der Waals surface area contributed by atoms with Crippen molar-refractivity contribution < 1.29 is 34.4 Å². The maximum atomic E-state index is 13.3. The van der Waals surface area contributed by atoms with E-state index in [1.54, 1.807) is 29.2 Å². The topological polar surface area (TPSA) is 129 Å². The van der Waals surface area contributed by atoms with Crippen LogP contribution in [0.15, 0.2) is 35.9 Å². The Morgan fingerprint density at radius 3 is 2.62 bits per heavy atom. The summed E-state index contributed by atoms with van der Waals surface area (Å²) in [5.41, 5.74) is 1.56. The van der Waals surface area contributed by atoms with E-state index in [4.69, 9.17) is 9.47 Å². The highest BCUT2D eigenvalue weighted by Gasteiger charge is 2.51. The normalized spacial score (nSPS) is 22.2. The zero-order valence-electron chi connectivity index (χ0n) is 22.0. The lowest BCUT2D eigenvalue weighted by atomic mass is 9.77. The van der Waals surface area contributed by atoms with Crippen LogP contribution >= 0.6 is 0 Å². The lowest BCUT2D eigenvalue weighted by Crippen LogP contribution is -2.55. The van der Waals surface area contributed by atoms with E-state index >= 15 is 0 Å². The number of methoxy groups -OCH3 is 1. The molecule has 2 amide bonds. The molecule has 1 aromatic carbocycles. The van der Waals surface area contributed by atoms with Crippen LogP contribution < -0.4 is 14.8 Å². The first-order valence-corrected chi connectivity index (χ1v) is 13.2. The first-order chi connectivity index (χ1) is 17.9. The van der Waals surface area contributed by atoms with Crippen LogP contribution in [0.4, 0.5) is 0 Å². The van der Waals surface area contributed by atoms with Crippen molar-refractivity contribution in [2.24, 2.45) is 0 Å². The molecule has 0 spiro atoms. The van der Waals surface area contributed by atoms with Gasteiger partial charge in [0.25, 0.3) is 0 Å². The standard InChI is InChI=1S/C28H40N2O7/c1-4-6-8-9-12-30(23(33)10-7-5-2)21-16-20(28(35)29-11-13-31)24-19-14-18(17-32)15-22(36-3)26(19)37-27(24)25(21)34/h7,10,14-16,21,24-25,27,31-32,34H,4-6,8-9,11-13,17H2,1-3H3,(H,29,35). The number of carbonyl (C=O) groups excluding carboxylic acids is 2. The van der Waals surface area contributed by atoms with Crippen molar-refractivity contribution in [3.63, 3.8) is 0 Å². The van der Waals surface area contributed by atoms with Crippen LogP contribution in [-0.2, 0) is 16.2 Å². The average Bonchev–Trinajstić information content (AvgIpc) is 3.30. The quantitative estimate of drug-likeness (QED) is 0.234. The highest BCUT2D eigenvalue weighted by atomic mass is 16.5. The molecule has 0 saturated carbocycles. The summed E-state index contributed by atoms with van der Waals surface area (Å²) in [5.74, 6) is -0.477. The van der Waals surface area contributed by atoms with Gasteiger partial charge in [0.1, 0.15) is 12.2 Å². The van der Waals surface area contributed by atoms with Crippen LogP contribution in [0.5, 0.6) is 11.5 Å². The van der Waals surface area contributed by atoms with Crippen molar-refractivity contribution in [3.05, 3.63) is 47.1 Å². The van der Waals surface area contributed by atoms with Gasteiger partial charge in [-0.3, -0.25) is 9.59 Å². The number of benzene rings is 1. The van der Waals surface area contributed by atoms with Crippen molar-refractivity contribution in [2.45, 2.75) is 76.7 Å². The van der Waals surface area contributed by atoms with Crippen LogP contribution in [0, 0.1) is 0 Å². The molecular formula is C28H40N2O7. The second-order valence-electron chi connectivity index (χ2n) is 9.42. The molecule has 4 atom stereocenters. The third-order valence-electron chi connectivity index (χ3n) is 6.89. The van der Waals surface area contributed by atoms with Crippen LogP contribution in [0.1, 0.15) is 63.0 Å². The highest BCUT2D eigenvalue weighted by Crippen LogP contribution is 2.51. The molecule has 0 aromatic heterocycles. The van der Waals surface area contributed by atoms with Gasteiger partial charge in [-0.2, -0.15) is 0 Å². The maximum absolute atomic E-state index is 13.3. The van der Waals surface area contributed by atoms with Gasteiger partial charge in [-0.15, -0.1) is 0 Å². The number of hydrogen-bond donors (Lipinski definition) is 4. The Kier molecular flexibility index (Phi) is 10.5. The summed E-state index contributed by atoms with van der Waals surface area (Å²) in [6, 6.07) is 2.62. The zero-order chi connectivity index (χ0) is 26.9. The van der Waals surface area contributed by atoms with Crippen LogP contribution in [0.2, 0.25) is 0 Å². The van der Waals surface area contributed by atoms with Crippen molar-refractivity contribution in [1.82, 2.24) is 10.2 Å². The number of allylic oxidation sites excluding steroid dienone is 1. The van der Waals surface area contributed by atoms with E-state index in [0.29, 0.717) is 41.2 Å². The van der Waals surface area contributed by atoms with Crippen LogP contribution in [-0.4, -0.2) is 77.1 Å². The molecule has 9 heteroatoms. The molecule has 9 nitrogen and oxygen atoms in total. The average molecular weight is 517 g/mol. The SMILES string of the molecule is CCC=CC(=O)N(CCCCCC)C1C=C(C(=O)NCCO)C2c3cc(CO)cc(OC)c3OC2C1O. The van der Waals surface area contributed by atoms with E-state index in [9.17, 15) is 24.9 Å². The largest absolute Gasteiger partial charge is 0.493 e. The number of nitrogens with zero attached hydrogens (tertiary/aromatic N) is 1. The van der Waals surface area contributed by atoms with Gasteiger partial charge in [-0.1, -0.05) is 39.2 Å². The fourth-order valence-electron chi connectivity index (χ4n) is 5.05. The van der Waals surface area contributed by atoms with Crippen LogP contribution in [0.3, 0.4) is 0 Å². The number of amides is 2. The van der Waals surface area contributed by atoms with Gasteiger partial charge in [-0.05, 0) is 42.7 Å². The molecule has 0 fully saturated rings. The van der Waals surface area contributed by atoms with Gasteiger partial charge in [0.05, 0.1) is 32.3 Å². The summed E-state index contributed by atoms with van der Waals surface area (Å²) >= 11 is 0. The Morgan fingerprint density at radius 1 is 1.19 bits per heavy atom. The van der Waals surface area contributed by atoms with E-state index in [0.717, 1.165) is 25.7 Å². The van der Waals surface area contributed by atoms with Crippen molar-refractivity contribution >= 4 is 11.8 Å². The molecule has 204 valence electrons. The summed E-state index contributed by atoms with van der Waals surface area (Å²) in [6.07, 6.45) is 7.51. The number of aliphatic hydroxyl groups excluding tert-OH is 3. The highest BCUT2D eigenvalue weighted by molar-refractivity contribution is 5.96. The fraction of sp³-hybridized carbons (Fsp3) is 0.571. The van der Waals surface area contributed by atoms with Crippen LogP contribution in [0.25, 0.3) is 0 Å². The van der Waals surface area contributed by atoms with E-state index in [1.165, 1.54) is 13.2 Å². The number of carbonyl (C=O) groups is 2. The number of ether oxygens (including phenoxy) is 2. The molecule has 4 unspecified atom stereocenters. The van der Waals surface area contributed by atoms with Gasteiger partial charge in [0.15, 0.2) is 11.5 Å². The summed E-state index contributed by atoms with van der Waals surface area (Å²) in [7, 11) is 1.49. The second kappa shape index (κ2) is 13.6. The predicted octanol–water partition coefficient (Wildman–Crippen LogP) is 2.19. The van der Waals surface area contributed by atoms with E-state index < -0.39 is 30.1 Å². The minimum atomic E-state index is -1.11. The van der Waals surface area contributed by atoms with E-state index in [1.807, 2.05) is 6.92 Å². The van der Waals surface area contributed by atoms with E-state index in [-0.39, 0.29) is 25.7 Å². The molecule has 0 radical (unpaired) electrons. The predicted molar refractivity (Wildman–Crippen MR) is 139 cm³/mol. The molecule has 0 saturated heterocycles. The van der Waals surface area contributed by atoms with Gasteiger partial charge >= 0.3 is 0 Å². The van der Waals surface area contributed by atoms with Crippen molar-refractivity contribution in [2.75, 3.05) is 26.8 Å². The molecule has 1 aromatic rings. The van der Waals surface area contributed by atoms with Gasteiger partial charge in [0, 0.05) is 24.2 Å². The number of hydrogen-bond acceptors (Lipinski definition) is 7. The molecule has 1 aliphatic carbocycles. The number of unbranched alkanes of at least 4 members (excludes halogenated alkanes) is 3. The fourth-order valence-corrected chi connectivity index (χ4v) is 5.05. The molecule has 1 heterocycles. The summed E-state index contributed by atoms with van der Waals surface area (Å²) in [5, 5.41) is 33.3. The zero-order valence-corrected chi connectivity index (χ0v) is 22.0. The third kappa shape index (κ3) is 6.34. The van der Waals surface area contributed by atoms with E-state index in [2.05, 4.69) is 12.2 Å². The molecular weight excluding hydrogens is 476 g/mol. The first kappa shape index (κ1) is 28.7. The van der Waals surface area contributed by atoms with Gasteiger partial charge in [-0.25, -0.2) is 0 Å². The molecule has 3 rings (SSSR count). The molecule has 1 aliphatic heterocycles. The summed E-state index contributed by atoms with van der Waals surface area (Å²) in [4.78, 5) is 28.2. The Bertz CT molecular complexity index is 1010. The Labute approximate surface area is 218 Å². The minimum absolute atomic E-state index is 0.0629. The van der Waals surface area contributed by atoms with Gasteiger partial charge in [0.2, 0.25) is 11.8 Å². The first-order valence-electron chi connectivity index (χ1n) is 13.2. The number of nitrogens with one attached hydrogen (secondary N) is 1. The Morgan fingerprint density at radius 2 is 1.97 bits per heavy atom. The molecule has 2 aliphatic rings. The van der Waals surface area contributed by atoms with Crippen molar-refractivity contribution in [1.29, 1.82) is 0 Å². The smallest absolute Gasteiger partial charge is 0.247 e. The lowest BCUT2D eigenvalue weighted by Gasteiger charge is -2.40. The third-order valence-corrected chi connectivity index (χ3v) is 6.89. The summed E-state index contributed by atoms with van der Waals surface area (Å²) < 4.78 is 11.7. The summed E-state index contributed by atoms with van der Waals surface area (Å²) in [6.45, 7) is 4.09.